The van der Waals surface area contributed by atoms with E-state index in [9.17, 15) is 16.8 Å². The van der Waals surface area contributed by atoms with Crippen LogP contribution in [0.1, 0.15) is 117 Å². The number of rotatable bonds is 33. The summed E-state index contributed by atoms with van der Waals surface area (Å²) in [5.74, 6) is 0. The highest BCUT2D eigenvalue weighted by molar-refractivity contribution is 7.81. The van der Waals surface area contributed by atoms with Crippen LogP contribution in [-0.2, 0) is 48.1 Å². The fraction of sp³-hybridized carbons (Fsp3) is 1.00. The van der Waals surface area contributed by atoms with Crippen molar-refractivity contribution in [3.05, 3.63) is 0 Å². The SMILES string of the molecule is CCCCCCCCCCOCC(COCCOCC(COCCCCCCCCCC)OS(=O)(=O)O)OS(=O)(=O)O. The third kappa shape index (κ3) is 32.5. The first-order chi connectivity index (χ1) is 20.1. The summed E-state index contributed by atoms with van der Waals surface area (Å²) in [6.07, 6.45) is 16.3. The molecule has 2 N–H and O–H groups in total. The minimum atomic E-state index is -4.69. The van der Waals surface area contributed by atoms with E-state index in [2.05, 4.69) is 22.2 Å². The van der Waals surface area contributed by atoms with Gasteiger partial charge in [-0.05, 0) is 12.8 Å². The number of hydrogen-bond acceptors (Lipinski definition) is 10. The van der Waals surface area contributed by atoms with Gasteiger partial charge in [-0.3, -0.25) is 9.11 Å². The van der Waals surface area contributed by atoms with Crippen LogP contribution >= 0.6 is 0 Å². The molecule has 0 aromatic carbocycles. The van der Waals surface area contributed by atoms with Crippen LogP contribution < -0.4 is 0 Å². The van der Waals surface area contributed by atoms with Crippen LogP contribution in [0.4, 0.5) is 0 Å². The molecule has 0 bridgehead atoms. The normalized spacial score (nSPS) is 13.9. The molecule has 12 nitrogen and oxygen atoms in total. The van der Waals surface area contributed by atoms with E-state index in [0.29, 0.717) is 13.2 Å². The monoisotopic (exact) mass is 650 g/mol. The summed E-state index contributed by atoms with van der Waals surface area (Å²) in [7, 11) is -9.37. The average Bonchev–Trinajstić information content (AvgIpc) is 2.90. The van der Waals surface area contributed by atoms with Crippen LogP contribution in [0.15, 0.2) is 0 Å². The van der Waals surface area contributed by atoms with Gasteiger partial charge in [-0.15, -0.1) is 0 Å². The Kier molecular flexibility index (Phi) is 27.8. The second kappa shape index (κ2) is 28.1. The molecular weight excluding hydrogens is 592 g/mol. The van der Waals surface area contributed by atoms with Crippen molar-refractivity contribution in [2.45, 2.75) is 129 Å². The zero-order chi connectivity index (χ0) is 31.4. The van der Waals surface area contributed by atoms with Crippen molar-refractivity contribution in [2.75, 3.05) is 52.9 Å². The van der Waals surface area contributed by atoms with Gasteiger partial charge in [0.15, 0.2) is 0 Å². The van der Waals surface area contributed by atoms with Crippen LogP contribution in [0.25, 0.3) is 0 Å². The highest BCUT2D eigenvalue weighted by atomic mass is 32.3. The van der Waals surface area contributed by atoms with Gasteiger partial charge in [0.1, 0.15) is 12.2 Å². The molecule has 0 heterocycles. The molecule has 42 heavy (non-hydrogen) atoms. The Morgan fingerprint density at radius 1 is 0.429 bits per heavy atom. The van der Waals surface area contributed by atoms with E-state index in [0.717, 1.165) is 38.5 Å². The van der Waals surface area contributed by atoms with Crippen LogP contribution in [0.5, 0.6) is 0 Å². The third-order valence-corrected chi connectivity index (χ3v) is 7.42. The second-order valence-corrected chi connectivity index (χ2v) is 12.6. The summed E-state index contributed by atoms with van der Waals surface area (Å²) in [6, 6.07) is 0. The highest BCUT2D eigenvalue weighted by Gasteiger charge is 2.19. The van der Waals surface area contributed by atoms with E-state index < -0.39 is 33.0 Å². The van der Waals surface area contributed by atoms with Crippen LogP contribution in [0.3, 0.4) is 0 Å². The van der Waals surface area contributed by atoms with E-state index in [1.54, 1.807) is 0 Å². The van der Waals surface area contributed by atoms with Crippen LogP contribution in [0.2, 0.25) is 0 Å². The zero-order valence-electron chi connectivity index (χ0n) is 25.9. The summed E-state index contributed by atoms with van der Waals surface area (Å²) in [4.78, 5) is 0. The zero-order valence-corrected chi connectivity index (χ0v) is 27.6. The Hall–Kier alpha value is -0.420. The van der Waals surface area contributed by atoms with Gasteiger partial charge in [-0.1, -0.05) is 104 Å². The van der Waals surface area contributed by atoms with Crippen LogP contribution in [-0.4, -0.2) is 91.0 Å². The minimum Gasteiger partial charge on any atom is -0.379 e. The first-order valence-corrected chi connectivity index (χ1v) is 18.4. The van der Waals surface area contributed by atoms with E-state index in [1.165, 1.54) is 64.2 Å². The maximum Gasteiger partial charge on any atom is 0.397 e. The summed E-state index contributed by atoms with van der Waals surface area (Å²) >= 11 is 0. The van der Waals surface area contributed by atoms with Gasteiger partial charge in [0.05, 0.1) is 39.6 Å². The summed E-state index contributed by atoms with van der Waals surface area (Å²) in [5, 5.41) is 0. The summed E-state index contributed by atoms with van der Waals surface area (Å²) in [6.45, 7) is 4.83. The first kappa shape index (κ1) is 41.6. The van der Waals surface area contributed by atoms with E-state index in [1.807, 2.05) is 0 Å². The molecule has 0 aliphatic heterocycles. The van der Waals surface area contributed by atoms with E-state index >= 15 is 0 Å². The predicted molar refractivity (Wildman–Crippen MR) is 161 cm³/mol. The number of ether oxygens (including phenoxy) is 4. The quantitative estimate of drug-likeness (QED) is 0.0658. The average molecular weight is 651 g/mol. The lowest BCUT2D eigenvalue weighted by Gasteiger charge is -2.17. The van der Waals surface area contributed by atoms with Crippen molar-refractivity contribution in [1.29, 1.82) is 0 Å². The summed E-state index contributed by atoms with van der Waals surface area (Å²) in [5.41, 5.74) is 0. The molecule has 0 radical (unpaired) electrons. The molecule has 0 saturated heterocycles. The fourth-order valence-electron chi connectivity index (χ4n) is 4.20. The van der Waals surface area contributed by atoms with Crippen molar-refractivity contribution < 1.29 is 53.3 Å². The molecule has 0 aliphatic rings. The molecule has 0 aromatic heterocycles. The van der Waals surface area contributed by atoms with Crippen molar-refractivity contribution >= 4 is 20.8 Å². The lowest BCUT2D eigenvalue weighted by atomic mass is 10.1. The van der Waals surface area contributed by atoms with Gasteiger partial charge in [0.2, 0.25) is 0 Å². The molecule has 254 valence electrons. The largest absolute Gasteiger partial charge is 0.397 e. The molecule has 0 fully saturated rings. The Morgan fingerprint density at radius 2 is 0.690 bits per heavy atom. The van der Waals surface area contributed by atoms with Gasteiger partial charge in [-0.25, -0.2) is 8.37 Å². The van der Waals surface area contributed by atoms with Crippen LogP contribution in [0, 0.1) is 0 Å². The lowest BCUT2D eigenvalue weighted by Crippen LogP contribution is -2.30. The molecule has 0 saturated carbocycles. The highest BCUT2D eigenvalue weighted by Crippen LogP contribution is 2.10. The van der Waals surface area contributed by atoms with Gasteiger partial charge in [0.25, 0.3) is 0 Å². The predicted octanol–water partition coefficient (Wildman–Crippen LogP) is 5.71. The Morgan fingerprint density at radius 3 is 0.976 bits per heavy atom. The topological polar surface area (TPSA) is 164 Å². The molecule has 14 heteroatoms. The lowest BCUT2D eigenvalue weighted by molar-refractivity contribution is -0.0416. The smallest absolute Gasteiger partial charge is 0.379 e. The molecule has 0 amide bonds. The maximum absolute atomic E-state index is 11.2. The van der Waals surface area contributed by atoms with Gasteiger partial charge in [0, 0.05) is 13.2 Å². The molecule has 0 spiro atoms. The molecule has 0 aromatic rings. The molecule has 0 aliphatic carbocycles. The molecule has 2 atom stereocenters. The van der Waals surface area contributed by atoms with Gasteiger partial charge in [-0.2, -0.15) is 16.8 Å². The van der Waals surface area contributed by atoms with E-state index in [4.69, 9.17) is 28.1 Å². The molecule has 2 unspecified atom stereocenters. The van der Waals surface area contributed by atoms with Gasteiger partial charge >= 0.3 is 20.8 Å². The van der Waals surface area contributed by atoms with Crippen molar-refractivity contribution in [2.24, 2.45) is 0 Å². The Bertz CT molecular complexity index is 727. The second-order valence-electron chi connectivity index (χ2n) is 10.5. The standard InChI is InChI=1S/C28H58O12S2/c1-3-5-7-9-11-13-15-17-19-35-23-27(39-41(29,30)31)25-37-21-22-38-26-28(40-42(32,33)34)24-36-20-18-16-14-12-10-8-6-4-2/h27-28H,3-26H2,1-2H3,(H,29,30,31)(H,32,33,34). The minimum absolute atomic E-state index is 0.0288. The Labute approximate surface area is 255 Å². The fourth-order valence-corrected chi connectivity index (χ4v) is 5.11. The number of unbranched alkanes of at least 4 members (excludes halogenated alkanes) is 14. The number of hydrogen-bond donors (Lipinski definition) is 2. The van der Waals surface area contributed by atoms with Gasteiger partial charge < -0.3 is 18.9 Å². The molecule has 0 rings (SSSR count). The van der Waals surface area contributed by atoms with Crippen molar-refractivity contribution in [3.8, 4) is 0 Å². The van der Waals surface area contributed by atoms with Crippen molar-refractivity contribution in [1.82, 2.24) is 0 Å². The van der Waals surface area contributed by atoms with E-state index in [-0.39, 0.29) is 39.6 Å². The van der Waals surface area contributed by atoms with Crippen molar-refractivity contribution in [3.63, 3.8) is 0 Å². The third-order valence-electron chi connectivity index (χ3n) is 6.39. The Balaban J connectivity index is 4.14. The first-order valence-electron chi connectivity index (χ1n) is 15.7. The summed E-state index contributed by atoms with van der Waals surface area (Å²) < 4.78 is 93.7. The molecular formula is C28H58O12S2. The maximum atomic E-state index is 11.2.